The minimum absolute atomic E-state index is 0.448. The summed E-state index contributed by atoms with van der Waals surface area (Å²) >= 11 is 0. The molecule has 2 nitrogen and oxygen atoms in total. The van der Waals surface area contributed by atoms with Crippen molar-refractivity contribution in [1.29, 1.82) is 0 Å². The molecule has 0 bridgehead atoms. The Morgan fingerprint density at radius 3 is 2.82 bits per heavy atom. The van der Waals surface area contributed by atoms with Gasteiger partial charge in [0.05, 0.1) is 10.8 Å². The van der Waals surface area contributed by atoms with Crippen LogP contribution in [0.1, 0.15) is 32.3 Å². The molecule has 0 saturated carbocycles. The standard InChI is InChI=1S/C14H23NOS/c1-4-9-15-13(3)8-10-17(16)14-7-5-6-12(2)11-14/h5-7,11,13,15H,4,8-10H2,1-3H3. The molecule has 0 aliphatic rings. The molecule has 0 radical (unpaired) electrons. The average molecular weight is 253 g/mol. The van der Waals surface area contributed by atoms with Crippen LogP contribution in [0.2, 0.25) is 0 Å². The molecular weight excluding hydrogens is 230 g/mol. The van der Waals surface area contributed by atoms with E-state index >= 15 is 0 Å². The molecule has 0 amide bonds. The van der Waals surface area contributed by atoms with E-state index in [4.69, 9.17) is 0 Å². The molecular formula is C14H23NOS. The molecule has 0 fully saturated rings. The predicted octanol–water partition coefficient (Wildman–Crippen LogP) is 2.88. The van der Waals surface area contributed by atoms with E-state index < -0.39 is 10.8 Å². The zero-order valence-electron chi connectivity index (χ0n) is 11.0. The van der Waals surface area contributed by atoms with Gasteiger partial charge in [0.1, 0.15) is 0 Å². The van der Waals surface area contributed by atoms with E-state index in [1.54, 1.807) is 0 Å². The van der Waals surface area contributed by atoms with Crippen LogP contribution in [-0.4, -0.2) is 22.5 Å². The second-order valence-corrected chi connectivity index (χ2v) is 6.08. The van der Waals surface area contributed by atoms with Gasteiger partial charge in [-0.1, -0.05) is 19.1 Å². The van der Waals surface area contributed by atoms with Crippen molar-refractivity contribution >= 4 is 10.8 Å². The maximum absolute atomic E-state index is 12.1. The van der Waals surface area contributed by atoms with Gasteiger partial charge in [-0.3, -0.25) is 4.21 Å². The van der Waals surface area contributed by atoms with Gasteiger partial charge in [-0.25, -0.2) is 0 Å². The topological polar surface area (TPSA) is 29.1 Å². The van der Waals surface area contributed by atoms with E-state index in [9.17, 15) is 4.21 Å². The molecule has 96 valence electrons. The third-order valence-electron chi connectivity index (χ3n) is 2.73. The third-order valence-corrected chi connectivity index (χ3v) is 4.12. The lowest BCUT2D eigenvalue weighted by Crippen LogP contribution is -2.28. The Kier molecular flexibility index (Phi) is 6.45. The van der Waals surface area contributed by atoms with Crippen LogP contribution in [0.5, 0.6) is 0 Å². The minimum atomic E-state index is -0.860. The Hall–Kier alpha value is -0.670. The van der Waals surface area contributed by atoms with Crippen LogP contribution in [0.25, 0.3) is 0 Å². The first-order valence-electron chi connectivity index (χ1n) is 6.32. The molecule has 0 spiro atoms. The van der Waals surface area contributed by atoms with Gasteiger partial charge in [0.25, 0.3) is 0 Å². The zero-order valence-corrected chi connectivity index (χ0v) is 11.8. The molecule has 17 heavy (non-hydrogen) atoms. The summed E-state index contributed by atoms with van der Waals surface area (Å²) in [5.74, 6) is 0.737. The van der Waals surface area contributed by atoms with E-state index in [-0.39, 0.29) is 0 Å². The highest BCUT2D eigenvalue weighted by atomic mass is 32.2. The number of hydrogen-bond acceptors (Lipinski definition) is 2. The lowest BCUT2D eigenvalue weighted by Gasteiger charge is -2.12. The van der Waals surface area contributed by atoms with E-state index in [1.165, 1.54) is 5.56 Å². The molecule has 1 aromatic carbocycles. The summed E-state index contributed by atoms with van der Waals surface area (Å²) in [6.07, 6.45) is 2.10. The molecule has 0 aliphatic carbocycles. The summed E-state index contributed by atoms with van der Waals surface area (Å²) in [5.41, 5.74) is 1.17. The molecule has 2 atom stereocenters. The largest absolute Gasteiger partial charge is 0.314 e. The van der Waals surface area contributed by atoms with E-state index in [0.717, 1.165) is 30.0 Å². The SMILES string of the molecule is CCCNC(C)CCS(=O)c1cccc(C)c1. The van der Waals surface area contributed by atoms with Crippen LogP contribution < -0.4 is 5.32 Å². The van der Waals surface area contributed by atoms with E-state index in [2.05, 4.69) is 19.2 Å². The Balaban J connectivity index is 2.39. The molecule has 1 rings (SSSR count). The quantitative estimate of drug-likeness (QED) is 0.809. The summed E-state index contributed by atoms with van der Waals surface area (Å²) in [6.45, 7) is 7.39. The number of benzene rings is 1. The van der Waals surface area contributed by atoms with Gasteiger partial charge in [0, 0.05) is 16.7 Å². The first-order valence-corrected chi connectivity index (χ1v) is 7.63. The number of rotatable bonds is 7. The molecule has 1 N–H and O–H groups in total. The van der Waals surface area contributed by atoms with E-state index in [0.29, 0.717) is 6.04 Å². The van der Waals surface area contributed by atoms with Gasteiger partial charge < -0.3 is 5.32 Å². The van der Waals surface area contributed by atoms with Crippen LogP contribution in [-0.2, 0) is 10.8 Å². The van der Waals surface area contributed by atoms with Crippen molar-refractivity contribution < 1.29 is 4.21 Å². The lowest BCUT2D eigenvalue weighted by atomic mass is 10.2. The van der Waals surface area contributed by atoms with Crippen LogP contribution >= 0.6 is 0 Å². The molecule has 0 heterocycles. The highest BCUT2D eigenvalue weighted by molar-refractivity contribution is 7.85. The van der Waals surface area contributed by atoms with Gasteiger partial charge in [0.15, 0.2) is 0 Å². The average Bonchev–Trinajstić information content (AvgIpc) is 2.33. The Labute approximate surface area is 107 Å². The van der Waals surface area contributed by atoms with Crippen molar-refractivity contribution in [3.8, 4) is 0 Å². The number of hydrogen-bond donors (Lipinski definition) is 1. The monoisotopic (exact) mass is 253 g/mol. The Morgan fingerprint density at radius 2 is 2.18 bits per heavy atom. The van der Waals surface area contributed by atoms with Gasteiger partial charge in [0.2, 0.25) is 0 Å². The smallest absolute Gasteiger partial charge is 0.0530 e. The summed E-state index contributed by atoms with van der Waals surface area (Å²) < 4.78 is 12.1. The minimum Gasteiger partial charge on any atom is -0.314 e. The summed E-state index contributed by atoms with van der Waals surface area (Å²) in [6, 6.07) is 8.42. The first kappa shape index (κ1) is 14.4. The molecule has 0 aromatic heterocycles. The fourth-order valence-electron chi connectivity index (χ4n) is 1.65. The van der Waals surface area contributed by atoms with Crippen molar-refractivity contribution in [2.24, 2.45) is 0 Å². The molecule has 0 aliphatic heterocycles. The van der Waals surface area contributed by atoms with Gasteiger partial charge in [-0.05, 0) is 50.9 Å². The normalized spacial score (nSPS) is 14.5. The highest BCUT2D eigenvalue weighted by Crippen LogP contribution is 2.10. The highest BCUT2D eigenvalue weighted by Gasteiger charge is 2.07. The fraction of sp³-hybridized carbons (Fsp3) is 0.571. The summed E-state index contributed by atoms with van der Waals surface area (Å²) in [5, 5.41) is 3.42. The summed E-state index contributed by atoms with van der Waals surface area (Å²) in [4.78, 5) is 0.952. The van der Waals surface area contributed by atoms with Crippen LogP contribution in [0.3, 0.4) is 0 Å². The molecule has 0 saturated heterocycles. The van der Waals surface area contributed by atoms with Crippen LogP contribution in [0.4, 0.5) is 0 Å². The van der Waals surface area contributed by atoms with Crippen molar-refractivity contribution in [3.05, 3.63) is 29.8 Å². The number of nitrogens with one attached hydrogen (secondary N) is 1. The van der Waals surface area contributed by atoms with Crippen molar-refractivity contribution in [2.75, 3.05) is 12.3 Å². The molecule has 3 heteroatoms. The first-order chi connectivity index (χ1) is 8.13. The summed E-state index contributed by atoms with van der Waals surface area (Å²) in [7, 11) is -0.860. The molecule has 1 aromatic rings. The number of aryl methyl sites for hydroxylation is 1. The van der Waals surface area contributed by atoms with Gasteiger partial charge in [-0.2, -0.15) is 0 Å². The Morgan fingerprint density at radius 1 is 1.41 bits per heavy atom. The van der Waals surface area contributed by atoms with Crippen LogP contribution in [0, 0.1) is 6.92 Å². The van der Waals surface area contributed by atoms with Crippen molar-refractivity contribution in [3.63, 3.8) is 0 Å². The van der Waals surface area contributed by atoms with Gasteiger partial charge in [-0.15, -0.1) is 0 Å². The lowest BCUT2D eigenvalue weighted by molar-refractivity contribution is 0.533. The maximum Gasteiger partial charge on any atom is 0.0530 e. The maximum atomic E-state index is 12.1. The second-order valence-electron chi connectivity index (χ2n) is 4.51. The predicted molar refractivity (Wildman–Crippen MR) is 74.8 cm³/mol. The van der Waals surface area contributed by atoms with Crippen LogP contribution in [0.15, 0.2) is 29.2 Å². The Bertz CT molecular complexity index is 365. The van der Waals surface area contributed by atoms with Crippen molar-refractivity contribution in [1.82, 2.24) is 5.32 Å². The van der Waals surface area contributed by atoms with E-state index in [1.807, 2.05) is 31.2 Å². The fourth-order valence-corrected chi connectivity index (χ4v) is 3.00. The third kappa shape index (κ3) is 5.46. The second kappa shape index (κ2) is 7.62. The zero-order chi connectivity index (χ0) is 12.7. The van der Waals surface area contributed by atoms with Crippen molar-refractivity contribution in [2.45, 2.75) is 44.6 Å². The molecule has 2 unspecified atom stereocenters. The van der Waals surface area contributed by atoms with Gasteiger partial charge >= 0.3 is 0 Å².